The minimum absolute atomic E-state index is 0.627. The highest BCUT2D eigenvalue weighted by atomic mass is 35.7. The molecule has 0 aliphatic rings. The minimum atomic E-state index is -1.75. The molecule has 0 aliphatic carbocycles. The van der Waals surface area contributed by atoms with E-state index < -0.39 is 7.15 Å². The predicted octanol–water partition coefficient (Wildman–Crippen LogP) is 2.30. The van der Waals surface area contributed by atoms with Crippen LogP contribution in [0.5, 0.6) is 5.75 Å². The summed E-state index contributed by atoms with van der Waals surface area (Å²) in [4.78, 5) is 0. The van der Waals surface area contributed by atoms with Crippen LogP contribution in [-0.2, 0) is 4.57 Å². The van der Waals surface area contributed by atoms with Gasteiger partial charge in [0.05, 0.1) is 7.11 Å². The van der Waals surface area contributed by atoms with Crippen LogP contribution in [0, 0.1) is 0 Å². The lowest BCUT2D eigenvalue weighted by Crippen LogP contribution is -1.92. The van der Waals surface area contributed by atoms with E-state index in [9.17, 15) is 4.57 Å². The van der Waals surface area contributed by atoms with E-state index in [1.165, 1.54) is 0 Å². The molecule has 1 aromatic carbocycles. The molecule has 11 heavy (non-hydrogen) atoms. The van der Waals surface area contributed by atoms with Crippen LogP contribution in [-0.4, -0.2) is 7.11 Å². The summed E-state index contributed by atoms with van der Waals surface area (Å²) in [6, 6.07) is 6.82. The van der Waals surface area contributed by atoms with Crippen LogP contribution >= 0.6 is 18.4 Å². The van der Waals surface area contributed by atoms with Crippen molar-refractivity contribution in [3.05, 3.63) is 24.3 Å². The largest absolute Gasteiger partial charge is 0.497 e. The zero-order valence-corrected chi connectivity index (χ0v) is 7.60. The van der Waals surface area contributed by atoms with Gasteiger partial charge in [-0.2, -0.15) is 0 Å². The molecule has 0 bridgehead atoms. The topological polar surface area (TPSA) is 26.3 Å². The summed E-state index contributed by atoms with van der Waals surface area (Å²) in [5.41, 5.74) is 0. The molecule has 1 rings (SSSR count). The quantitative estimate of drug-likeness (QED) is 0.668. The van der Waals surface area contributed by atoms with Crippen molar-refractivity contribution in [2.24, 2.45) is 0 Å². The first-order valence-electron chi connectivity index (χ1n) is 3.01. The maximum absolute atomic E-state index is 10.7. The molecule has 0 spiro atoms. The van der Waals surface area contributed by atoms with Crippen LogP contribution in [0.25, 0.3) is 0 Å². The Bertz CT molecular complexity index is 258. The van der Waals surface area contributed by atoms with Crippen molar-refractivity contribution in [2.75, 3.05) is 7.11 Å². The van der Waals surface area contributed by atoms with Crippen molar-refractivity contribution < 1.29 is 9.30 Å². The van der Waals surface area contributed by atoms with E-state index in [1.54, 1.807) is 31.4 Å². The van der Waals surface area contributed by atoms with Gasteiger partial charge in [-0.25, -0.2) is 0 Å². The third kappa shape index (κ3) is 2.18. The van der Waals surface area contributed by atoms with Crippen molar-refractivity contribution in [1.82, 2.24) is 0 Å². The summed E-state index contributed by atoms with van der Waals surface area (Å²) in [6.45, 7) is 0. The van der Waals surface area contributed by atoms with Crippen molar-refractivity contribution in [3.63, 3.8) is 0 Å². The molecule has 0 saturated heterocycles. The Kier molecular flexibility index (Phi) is 2.86. The summed E-state index contributed by atoms with van der Waals surface area (Å²) in [5, 5.41) is 0.627. The van der Waals surface area contributed by atoms with Gasteiger partial charge in [0.1, 0.15) is 5.75 Å². The average Bonchev–Trinajstić information content (AvgIpc) is 2.05. The molecule has 58 valence electrons. The van der Waals surface area contributed by atoms with Gasteiger partial charge in [0.15, 0.2) is 0 Å². The van der Waals surface area contributed by atoms with E-state index in [4.69, 9.17) is 16.0 Å². The number of hydrogen-bond acceptors (Lipinski definition) is 2. The highest BCUT2D eigenvalue weighted by molar-refractivity contribution is 7.80. The lowest BCUT2D eigenvalue weighted by molar-refractivity contribution is 0.415. The molecule has 0 radical (unpaired) electrons. The fraction of sp³-hybridized carbons (Fsp3) is 0.143. The fourth-order valence-electron chi connectivity index (χ4n) is 0.699. The van der Waals surface area contributed by atoms with E-state index in [2.05, 4.69) is 0 Å². The van der Waals surface area contributed by atoms with E-state index >= 15 is 0 Å². The molecule has 0 N–H and O–H groups in total. The standard InChI is InChI=1S/C7H7ClO2P/c1-10-6-2-4-7(5-3-6)11(8)9/h2-5H,1H3/q+1. The van der Waals surface area contributed by atoms with Crippen LogP contribution in [0.3, 0.4) is 0 Å². The normalized spacial score (nSPS) is 10.9. The molecule has 0 saturated carbocycles. The van der Waals surface area contributed by atoms with Crippen molar-refractivity contribution in [1.29, 1.82) is 0 Å². The SMILES string of the molecule is COc1ccc([P+](=O)Cl)cc1. The van der Waals surface area contributed by atoms with Gasteiger partial charge in [-0.05, 0) is 28.8 Å². The minimum Gasteiger partial charge on any atom is -0.497 e. The van der Waals surface area contributed by atoms with Gasteiger partial charge in [0, 0.05) is 0 Å². The third-order valence-corrected chi connectivity index (χ3v) is 2.57. The van der Waals surface area contributed by atoms with E-state index in [0.29, 0.717) is 5.30 Å². The molecule has 4 heteroatoms. The molecule has 1 unspecified atom stereocenters. The second-order valence-electron chi connectivity index (χ2n) is 1.94. The Balaban J connectivity index is 2.91. The zero-order chi connectivity index (χ0) is 8.27. The van der Waals surface area contributed by atoms with Gasteiger partial charge in [-0.3, -0.25) is 0 Å². The first-order valence-corrected chi connectivity index (χ1v) is 5.17. The van der Waals surface area contributed by atoms with Crippen molar-refractivity contribution >= 4 is 23.7 Å². The maximum atomic E-state index is 10.7. The average molecular weight is 190 g/mol. The van der Waals surface area contributed by atoms with Gasteiger partial charge in [0.25, 0.3) is 0 Å². The lowest BCUT2D eigenvalue weighted by Gasteiger charge is -1.94. The second kappa shape index (κ2) is 3.70. The Morgan fingerprint density at radius 3 is 2.27 bits per heavy atom. The molecule has 0 aromatic heterocycles. The molecular weight excluding hydrogens is 183 g/mol. The summed E-state index contributed by atoms with van der Waals surface area (Å²) >= 11 is 5.37. The Labute approximate surface area is 70.7 Å². The van der Waals surface area contributed by atoms with Gasteiger partial charge in [-0.15, -0.1) is 0 Å². The molecule has 1 atom stereocenters. The second-order valence-corrected chi connectivity index (χ2v) is 3.87. The summed E-state index contributed by atoms with van der Waals surface area (Å²) in [5.74, 6) is 0.738. The number of halogens is 1. The van der Waals surface area contributed by atoms with Gasteiger partial charge in [-0.1, -0.05) is 0 Å². The highest BCUT2D eigenvalue weighted by Gasteiger charge is 2.14. The summed E-state index contributed by atoms with van der Waals surface area (Å²) in [7, 11) is -0.167. The van der Waals surface area contributed by atoms with Crippen LogP contribution in [0.4, 0.5) is 0 Å². The van der Waals surface area contributed by atoms with Crippen molar-refractivity contribution in [2.45, 2.75) is 0 Å². The zero-order valence-electron chi connectivity index (χ0n) is 5.95. The number of hydrogen-bond donors (Lipinski definition) is 0. The Hall–Kier alpha value is -0.590. The monoisotopic (exact) mass is 189 g/mol. The molecule has 0 amide bonds. The summed E-state index contributed by atoms with van der Waals surface area (Å²) < 4.78 is 15.6. The predicted molar refractivity (Wildman–Crippen MR) is 46.1 cm³/mol. The number of rotatable bonds is 2. The van der Waals surface area contributed by atoms with Crippen LogP contribution in [0.2, 0.25) is 0 Å². The van der Waals surface area contributed by atoms with E-state index in [-0.39, 0.29) is 0 Å². The maximum Gasteiger partial charge on any atom is 0.494 e. The molecular formula is C7H7ClO2P+. The highest BCUT2D eigenvalue weighted by Crippen LogP contribution is 2.25. The van der Waals surface area contributed by atoms with Crippen molar-refractivity contribution in [3.8, 4) is 5.75 Å². The van der Waals surface area contributed by atoms with E-state index in [0.717, 1.165) is 5.75 Å². The molecule has 2 nitrogen and oxygen atoms in total. The number of methoxy groups -OCH3 is 1. The van der Waals surface area contributed by atoms with Gasteiger partial charge >= 0.3 is 7.15 Å². The van der Waals surface area contributed by atoms with E-state index in [1.807, 2.05) is 0 Å². The third-order valence-electron chi connectivity index (χ3n) is 1.28. The van der Waals surface area contributed by atoms with Crippen LogP contribution < -0.4 is 10.0 Å². The molecule has 0 heterocycles. The molecule has 0 fully saturated rings. The number of ether oxygens (including phenoxy) is 1. The smallest absolute Gasteiger partial charge is 0.494 e. The fourth-order valence-corrected chi connectivity index (χ4v) is 1.42. The van der Waals surface area contributed by atoms with Gasteiger partial charge < -0.3 is 4.74 Å². The Morgan fingerprint density at radius 1 is 1.36 bits per heavy atom. The summed E-state index contributed by atoms with van der Waals surface area (Å²) in [6.07, 6.45) is 0. The Morgan fingerprint density at radius 2 is 1.91 bits per heavy atom. The number of benzene rings is 1. The molecule has 1 aromatic rings. The van der Waals surface area contributed by atoms with Crippen LogP contribution in [0.1, 0.15) is 0 Å². The lowest BCUT2D eigenvalue weighted by atomic mass is 10.3. The van der Waals surface area contributed by atoms with Crippen LogP contribution in [0.15, 0.2) is 24.3 Å². The molecule has 0 aliphatic heterocycles. The first-order chi connectivity index (χ1) is 5.24. The first kappa shape index (κ1) is 8.51. The van der Waals surface area contributed by atoms with Gasteiger partial charge in [0.2, 0.25) is 16.5 Å².